The number of hydrogen-bond acceptors (Lipinski definition) is 5. The third kappa shape index (κ3) is 4.26. The number of nitrogens with zero attached hydrogens (tertiary/aromatic N) is 1. The zero-order valence-electron chi connectivity index (χ0n) is 12.7. The summed E-state index contributed by atoms with van der Waals surface area (Å²) < 4.78 is 0. The van der Waals surface area contributed by atoms with Crippen LogP contribution in [0.15, 0.2) is 48.5 Å². The fraction of sp³-hybridized carbons (Fsp3) is 0.0588. The summed E-state index contributed by atoms with van der Waals surface area (Å²) in [5.41, 5.74) is 0.843. The number of carbonyl (C=O) groups excluding carboxylic acids is 2. The van der Waals surface area contributed by atoms with Crippen molar-refractivity contribution >= 4 is 29.1 Å². The summed E-state index contributed by atoms with van der Waals surface area (Å²) >= 11 is 0. The lowest BCUT2D eigenvalue weighted by Crippen LogP contribution is -2.06. The van der Waals surface area contributed by atoms with Crippen molar-refractivity contribution in [3.05, 3.63) is 69.8 Å². The summed E-state index contributed by atoms with van der Waals surface area (Å²) in [5.74, 6) is -1.00. The Morgan fingerprint density at radius 3 is 2.62 bits per heavy atom. The molecular weight excluding hydrogens is 312 g/mol. The van der Waals surface area contributed by atoms with Crippen molar-refractivity contribution in [1.29, 1.82) is 0 Å². The molecule has 0 aliphatic heterocycles. The van der Waals surface area contributed by atoms with Gasteiger partial charge >= 0.3 is 5.69 Å². The molecule has 24 heavy (non-hydrogen) atoms. The van der Waals surface area contributed by atoms with Gasteiger partial charge in [-0.15, -0.1) is 0 Å². The molecule has 1 amide bonds. The minimum absolute atomic E-state index is 0.244. The number of rotatable bonds is 5. The number of aromatic hydroxyl groups is 1. The quantitative estimate of drug-likeness (QED) is 0.379. The maximum absolute atomic E-state index is 12.2. The number of anilines is 1. The number of ketones is 1. The predicted molar refractivity (Wildman–Crippen MR) is 88.9 cm³/mol. The van der Waals surface area contributed by atoms with Crippen LogP contribution in [0, 0.1) is 10.1 Å². The molecule has 2 N–H and O–H groups in total. The van der Waals surface area contributed by atoms with Gasteiger partial charge < -0.3 is 10.4 Å². The SMILES string of the molecule is CC(=O)Nc1cccc(C(=O)/C=C/c2ccc(O)c([N+](=O)[O-])c2)c1. The number of benzene rings is 2. The molecule has 7 heteroatoms. The summed E-state index contributed by atoms with van der Waals surface area (Å²) in [5, 5.41) is 22.8. The van der Waals surface area contributed by atoms with Crippen LogP contribution < -0.4 is 5.32 Å². The van der Waals surface area contributed by atoms with Gasteiger partial charge in [-0.25, -0.2) is 0 Å². The molecule has 0 atom stereocenters. The second-order valence-electron chi connectivity index (χ2n) is 4.96. The molecule has 122 valence electrons. The Labute approximate surface area is 137 Å². The predicted octanol–water partition coefficient (Wildman–Crippen LogP) is 3.15. The Morgan fingerprint density at radius 1 is 1.21 bits per heavy atom. The van der Waals surface area contributed by atoms with Crippen molar-refractivity contribution in [2.75, 3.05) is 5.32 Å². The number of phenolic OH excluding ortho intramolecular Hbond substituents is 1. The highest BCUT2D eigenvalue weighted by atomic mass is 16.6. The van der Waals surface area contributed by atoms with E-state index in [-0.39, 0.29) is 11.7 Å². The van der Waals surface area contributed by atoms with Crippen molar-refractivity contribution in [2.45, 2.75) is 6.92 Å². The number of carbonyl (C=O) groups is 2. The fourth-order valence-electron chi connectivity index (χ4n) is 2.01. The lowest BCUT2D eigenvalue weighted by molar-refractivity contribution is -0.385. The lowest BCUT2D eigenvalue weighted by atomic mass is 10.1. The summed E-state index contributed by atoms with van der Waals surface area (Å²) in [6.45, 7) is 1.37. The number of nitro benzene ring substituents is 1. The van der Waals surface area contributed by atoms with Crippen LogP contribution in [0.5, 0.6) is 5.75 Å². The highest BCUT2D eigenvalue weighted by Gasteiger charge is 2.12. The number of nitro groups is 1. The molecule has 0 aliphatic rings. The Bertz CT molecular complexity index is 843. The maximum Gasteiger partial charge on any atom is 0.311 e. The molecule has 2 aromatic rings. The molecular formula is C17H14N2O5. The van der Waals surface area contributed by atoms with Crippen LogP contribution in [-0.2, 0) is 4.79 Å². The van der Waals surface area contributed by atoms with Gasteiger partial charge in [-0.1, -0.05) is 24.3 Å². The van der Waals surface area contributed by atoms with E-state index < -0.39 is 16.4 Å². The second-order valence-corrected chi connectivity index (χ2v) is 4.96. The third-order valence-corrected chi connectivity index (χ3v) is 3.09. The first kappa shape index (κ1) is 16.9. The molecule has 0 spiro atoms. The van der Waals surface area contributed by atoms with Crippen molar-refractivity contribution in [3.63, 3.8) is 0 Å². The van der Waals surface area contributed by atoms with Crippen molar-refractivity contribution < 1.29 is 19.6 Å². The zero-order valence-corrected chi connectivity index (χ0v) is 12.7. The van der Waals surface area contributed by atoms with E-state index in [1.54, 1.807) is 18.2 Å². The lowest BCUT2D eigenvalue weighted by Gasteiger charge is -2.03. The van der Waals surface area contributed by atoms with Crippen molar-refractivity contribution in [2.24, 2.45) is 0 Å². The van der Waals surface area contributed by atoms with Crippen molar-refractivity contribution in [1.82, 2.24) is 0 Å². The Kier molecular flexibility index (Phi) is 5.06. The van der Waals surface area contributed by atoms with Gasteiger partial charge in [0.05, 0.1) is 4.92 Å². The fourth-order valence-corrected chi connectivity index (χ4v) is 2.01. The molecule has 0 saturated carbocycles. The third-order valence-electron chi connectivity index (χ3n) is 3.09. The van der Waals surface area contributed by atoms with Gasteiger partial charge in [0.1, 0.15) is 0 Å². The molecule has 2 rings (SSSR count). The minimum Gasteiger partial charge on any atom is -0.502 e. The van der Waals surface area contributed by atoms with E-state index >= 15 is 0 Å². The molecule has 0 aliphatic carbocycles. The molecule has 0 bridgehead atoms. The second kappa shape index (κ2) is 7.19. The van der Waals surface area contributed by atoms with E-state index in [4.69, 9.17) is 0 Å². The average Bonchev–Trinajstić information content (AvgIpc) is 2.53. The van der Waals surface area contributed by atoms with Crippen molar-refractivity contribution in [3.8, 4) is 5.75 Å². The molecule has 2 aromatic carbocycles. The van der Waals surface area contributed by atoms with Gasteiger partial charge in [0.2, 0.25) is 5.91 Å². The molecule has 0 radical (unpaired) electrons. The first-order chi connectivity index (χ1) is 11.4. The van der Waals surface area contributed by atoms with Gasteiger partial charge in [0.25, 0.3) is 0 Å². The molecule has 0 aromatic heterocycles. The normalized spacial score (nSPS) is 10.5. The number of nitrogens with one attached hydrogen (secondary N) is 1. The molecule has 0 unspecified atom stereocenters. The topological polar surface area (TPSA) is 110 Å². The first-order valence-corrected chi connectivity index (χ1v) is 6.94. The average molecular weight is 326 g/mol. The Hall–Kier alpha value is -3.48. The summed E-state index contributed by atoms with van der Waals surface area (Å²) in [7, 11) is 0. The highest BCUT2D eigenvalue weighted by Crippen LogP contribution is 2.26. The van der Waals surface area contributed by atoms with E-state index in [1.165, 1.54) is 43.3 Å². The van der Waals surface area contributed by atoms with Crippen LogP contribution in [0.3, 0.4) is 0 Å². The van der Waals surface area contributed by atoms with Crippen LogP contribution in [0.4, 0.5) is 11.4 Å². The monoisotopic (exact) mass is 326 g/mol. The van der Waals surface area contributed by atoms with Gasteiger partial charge in [-0.05, 0) is 29.8 Å². The number of phenols is 1. The zero-order chi connectivity index (χ0) is 17.7. The van der Waals surface area contributed by atoms with E-state index in [0.717, 1.165) is 0 Å². The van der Waals surface area contributed by atoms with Crippen LogP contribution in [-0.4, -0.2) is 21.7 Å². The van der Waals surface area contributed by atoms with Crippen LogP contribution in [0.25, 0.3) is 6.08 Å². The summed E-state index contributed by atoms with van der Waals surface area (Å²) in [6.07, 6.45) is 2.68. The number of hydrogen-bond donors (Lipinski definition) is 2. The largest absolute Gasteiger partial charge is 0.502 e. The van der Waals surface area contributed by atoms with E-state index in [1.807, 2.05) is 0 Å². The van der Waals surface area contributed by atoms with Gasteiger partial charge in [-0.2, -0.15) is 0 Å². The van der Waals surface area contributed by atoms with E-state index in [2.05, 4.69) is 5.32 Å². The molecule has 0 heterocycles. The smallest absolute Gasteiger partial charge is 0.311 e. The summed E-state index contributed by atoms with van der Waals surface area (Å²) in [6, 6.07) is 10.2. The number of amides is 1. The van der Waals surface area contributed by atoms with Crippen LogP contribution in [0.1, 0.15) is 22.8 Å². The highest BCUT2D eigenvalue weighted by molar-refractivity contribution is 6.07. The van der Waals surface area contributed by atoms with Crippen LogP contribution in [0.2, 0.25) is 0 Å². The molecule has 7 nitrogen and oxygen atoms in total. The molecule has 0 saturated heterocycles. The van der Waals surface area contributed by atoms with E-state index in [0.29, 0.717) is 16.8 Å². The van der Waals surface area contributed by atoms with E-state index in [9.17, 15) is 24.8 Å². The standard InChI is InChI=1S/C17H14N2O5/c1-11(20)18-14-4-2-3-13(10-14)16(21)7-5-12-6-8-17(22)15(9-12)19(23)24/h2-10,22H,1H3,(H,18,20)/b7-5+. The summed E-state index contributed by atoms with van der Waals surface area (Å²) in [4.78, 5) is 33.3. The van der Waals surface area contributed by atoms with Gasteiger partial charge in [-0.3, -0.25) is 19.7 Å². The van der Waals surface area contributed by atoms with Gasteiger partial charge in [0, 0.05) is 24.2 Å². The maximum atomic E-state index is 12.2. The van der Waals surface area contributed by atoms with Gasteiger partial charge in [0.15, 0.2) is 11.5 Å². The molecule has 0 fully saturated rings. The minimum atomic E-state index is -0.703. The van der Waals surface area contributed by atoms with Crippen LogP contribution >= 0.6 is 0 Å². The Morgan fingerprint density at radius 2 is 1.96 bits per heavy atom. The first-order valence-electron chi connectivity index (χ1n) is 6.94. The Balaban J connectivity index is 2.20. The number of allylic oxidation sites excluding steroid dienone is 1.